The zero-order valence-corrected chi connectivity index (χ0v) is 15.1. The molecule has 0 unspecified atom stereocenters. The maximum Gasteiger partial charge on any atom is 0.274 e. The Bertz CT molecular complexity index is 1010. The topological polar surface area (TPSA) is 80.3 Å². The van der Waals surface area contributed by atoms with Crippen molar-refractivity contribution in [2.24, 2.45) is 0 Å². The highest BCUT2D eigenvalue weighted by atomic mass is 19.1. The Kier molecular flexibility index (Phi) is 5.96. The van der Waals surface area contributed by atoms with E-state index in [-0.39, 0.29) is 16.9 Å². The smallest absolute Gasteiger partial charge is 0.274 e. The van der Waals surface area contributed by atoms with Crippen molar-refractivity contribution < 1.29 is 18.7 Å². The molecule has 0 radical (unpaired) electrons. The van der Waals surface area contributed by atoms with E-state index in [0.29, 0.717) is 18.0 Å². The predicted molar refractivity (Wildman–Crippen MR) is 104 cm³/mol. The summed E-state index contributed by atoms with van der Waals surface area (Å²) in [7, 11) is 0. The molecule has 2 N–H and O–H groups in total. The van der Waals surface area contributed by atoms with Gasteiger partial charge in [-0.15, -0.1) is 0 Å². The molecule has 0 aliphatic carbocycles. The minimum Gasteiger partial charge on any atom is -0.492 e. The van der Waals surface area contributed by atoms with Crippen LogP contribution in [-0.4, -0.2) is 23.4 Å². The van der Waals surface area contributed by atoms with Crippen molar-refractivity contribution in [2.75, 3.05) is 17.2 Å². The zero-order chi connectivity index (χ0) is 19.9. The van der Waals surface area contributed by atoms with Crippen LogP contribution in [0.3, 0.4) is 0 Å². The number of halogens is 1. The molecule has 1 aromatic heterocycles. The van der Waals surface area contributed by atoms with Crippen molar-refractivity contribution in [3.05, 3.63) is 83.9 Å². The molecule has 2 aromatic carbocycles. The van der Waals surface area contributed by atoms with E-state index in [1.807, 2.05) is 6.92 Å². The average Bonchev–Trinajstić information content (AvgIpc) is 2.71. The number of nitrogens with zero attached hydrogens (tertiary/aromatic N) is 1. The first-order chi connectivity index (χ1) is 13.6. The van der Waals surface area contributed by atoms with Crippen LogP contribution in [0.25, 0.3) is 0 Å². The maximum atomic E-state index is 13.7. The van der Waals surface area contributed by atoms with Gasteiger partial charge in [-0.05, 0) is 43.3 Å². The lowest BCUT2D eigenvalue weighted by Gasteiger charge is -2.11. The molecule has 0 fully saturated rings. The number of rotatable bonds is 6. The predicted octanol–water partition coefficient (Wildman–Crippen LogP) is 4.12. The first-order valence-electron chi connectivity index (χ1n) is 8.63. The lowest BCUT2D eigenvalue weighted by molar-refractivity contribution is 0.102. The lowest BCUT2D eigenvalue weighted by Crippen LogP contribution is -2.17. The molecular weight excluding hydrogens is 361 g/mol. The van der Waals surface area contributed by atoms with Crippen molar-refractivity contribution in [3.63, 3.8) is 0 Å². The highest BCUT2D eigenvalue weighted by molar-refractivity contribution is 6.08. The summed E-state index contributed by atoms with van der Waals surface area (Å²) >= 11 is 0. The molecule has 0 aliphatic heterocycles. The van der Waals surface area contributed by atoms with E-state index in [2.05, 4.69) is 15.6 Å². The average molecular weight is 379 g/mol. The maximum absolute atomic E-state index is 13.7. The van der Waals surface area contributed by atoms with Gasteiger partial charge in [-0.3, -0.25) is 14.6 Å². The number of benzene rings is 2. The fraction of sp³-hybridized carbons (Fsp3) is 0.0952. The molecule has 0 atom stereocenters. The normalized spacial score (nSPS) is 10.2. The Balaban J connectivity index is 1.76. The third kappa shape index (κ3) is 4.50. The molecule has 3 aromatic rings. The van der Waals surface area contributed by atoms with Gasteiger partial charge in [-0.1, -0.05) is 24.3 Å². The van der Waals surface area contributed by atoms with E-state index < -0.39 is 17.6 Å². The van der Waals surface area contributed by atoms with Crippen LogP contribution in [0.5, 0.6) is 5.75 Å². The number of aromatic nitrogens is 1. The number of nitrogens with one attached hydrogen (secondary N) is 2. The van der Waals surface area contributed by atoms with E-state index in [4.69, 9.17) is 4.74 Å². The summed E-state index contributed by atoms with van der Waals surface area (Å²) in [6.07, 6.45) is 1.35. The minimum absolute atomic E-state index is 0.0486. The van der Waals surface area contributed by atoms with Crippen LogP contribution in [-0.2, 0) is 0 Å². The highest BCUT2D eigenvalue weighted by Crippen LogP contribution is 2.24. The molecule has 0 saturated carbocycles. The molecule has 142 valence electrons. The van der Waals surface area contributed by atoms with Gasteiger partial charge in [-0.2, -0.15) is 0 Å². The summed E-state index contributed by atoms with van der Waals surface area (Å²) in [4.78, 5) is 28.9. The molecule has 3 rings (SSSR count). The molecule has 1 heterocycles. The van der Waals surface area contributed by atoms with Gasteiger partial charge in [0.2, 0.25) is 0 Å². The van der Waals surface area contributed by atoms with E-state index >= 15 is 0 Å². The van der Waals surface area contributed by atoms with E-state index in [1.54, 1.807) is 30.3 Å². The highest BCUT2D eigenvalue weighted by Gasteiger charge is 2.15. The van der Waals surface area contributed by atoms with E-state index in [9.17, 15) is 14.0 Å². The molecule has 0 spiro atoms. The van der Waals surface area contributed by atoms with Crippen molar-refractivity contribution in [1.29, 1.82) is 0 Å². The quantitative estimate of drug-likeness (QED) is 0.675. The second kappa shape index (κ2) is 8.77. The van der Waals surface area contributed by atoms with Crippen LogP contribution in [0.15, 0.2) is 66.9 Å². The Hall–Kier alpha value is -3.74. The van der Waals surface area contributed by atoms with E-state index in [0.717, 1.165) is 0 Å². The Morgan fingerprint density at radius 3 is 2.39 bits per heavy atom. The Labute approximate surface area is 161 Å². The van der Waals surface area contributed by atoms with Gasteiger partial charge in [0.1, 0.15) is 17.3 Å². The summed E-state index contributed by atoms with van der Waals surface area (Å²) in [5.74, 6) is -1.05. The Morgan fingerprint density at radius 2 is 1.64 bits per heavy atom. The summed E-state index contributed by atoms with van der Waals surface area (Å²) in [6.45, 7) is 2.30. The zero-order valence-electron chi connectivity index (χ0n) is 15.1. The van der Waals surface area contributed by atoms with Crippen LogP contribution < -0.4 is 15.4 Å². The third-order valence-corrected chi connectivity index (χ3v) is 3.81. The van der Waals surface area contributed by atoms with Gasteiger partial charge in [0.15, 0.2) is 0 Å². The van der Waals surface area contributed by atoms with Crippen LogP contribution in [0, 0.1) is 5.82 Å². The summed E-state index contributed by atoms with van der Waals surface area (Å²) in [5, 5.41) is 5.19. The third-order valence-electron chi connectivity index (χ3n) is 3.81. The molecule has 0 bridgehead atoms. The molecule has 28 heavy (non-hydrogen) atoms. The van der Waals surface area contributed by atoms with Gasteiger partial charge in [0.25, 0.3) is 11.8 Å². The molecular formula is C21H18FN3O3. The number of carbonyl (C=O) groups is 2. The largest absolute Gasteiger partial charge is 0.492 e. The second-order valence-corrected chi connectivity index (χ2v) is 5.75. The van der Waals surface area contributed by atoms with Crippen LogP contribution in [0.1, 0.15) is 27.8 Å². The fourth-order valence-corrected chi connectivity index (χ4v) is 2.49. The summed E-state index contributed by atoms with van der Waals surface area (Å²) in [5.41, 5.74) is 0.785. The Morgan fingerprint density at radius 1 is 0.964 bits per heavy atom. The van der Waals surface area contributed by atoms with Gasteiger partial charge in [0.05, 0.1) is 18.0 Å². The number of hydrogen-bond acceptors (Lipinski definition) is 4. The number of pyridine rings is 1. The van der Waals surface area contributed by atoms with E-state index in [1.165, 1.54) is 36.5 Å². The minimum atomic E-state index is -0.546. The number of ether oxygens (including phenoxy) is 1. The van der Waals surface area contributed by atoms with Gasteiger partial charge in [0, 0.05) is 11.8 Å². The van der Waals surface area contributed by atoms with Crippen molar-refractivity contribution >= 4 is 23.2 Å². The molecule has 0 saturated heterocycles. The van der Waals surface area contributed by atoms with Crippen molar-refractivity contribution in [3.8, 4) is 5.75 Å². The lowest BCUT2D eigenvalue weighted by atomic mass is 10.2. The van der Waals surface area contributed by atoms with Crippen LogP contribution in [0.4, 0.5) is 15.8 Å². The second-order valence-electron chi connectivity index (χ2n) is 5.75. The first-order valence-corrected chi connectivity index (χ1v) is 8.63. The van der Waals surface area contributed by atoms with Gasteiger partial charge < -0.3 is 15.4 Å². The number of hydrogen-bond donors (Lipinski definition) is 2. The first kappa shape index (κ1) is 19.0. The van der Waals surface area contributed by atoms with Crippen LogP contribution in [0.2, 0.25) is 0 Å². The van der Waals surface area contributed by atoms with Crippen LogP contribution >= 0.6 is 0 Å². The van der Waals surface area contributed by atoms with Crippen molar-refractivity contribution in [2.45, 2.75) is 6.92 Å². The monoisotopic (exact) mass is 379 g/mol. The SMILES string of the molecule is CCOc1ccccc1NC(=O)c1cc(C(=O)Nc2ccccc2F)ccn1. The molecule has 2 amide bonds. The van der Waals surface area contributed by atoms with Crippen molar-refractivity contribution in [1.82, 2.24) is 4.98 Å². The number of carbonyl (C=O) groups excluding carboxylic acids is 2. The molecule has 0 aliphatic rings. The van der Waals surface area contributed by atoms with Gasteiger partial charge in [-0.25, -0.2) is 4.39 Å². The number of amides is 2. The molecule has 6 nitrogen and oxygen atoms in total. The van der Waals surface area contributed by atoms with Gasteiger partial charge >= 0.3 is 0 Å². The summed E-state index contributed by atoms with van der Waals surface area (Å²) in [6, 6.07) is 15.6. The fourth-order valence-electron chi connectivity index (χ4n) is 2.49. The standard InChI is InChI=1S/C21H18FN3O3/c1-2-28-19-10-6-5-9-17(19)25-21(27)18-13-14(11-12-23-18)20(26)24-16-8-4-3-7-15(16)22/h3-13H,2H2,1H3,(H,24,26)(H,25,27). The number of anilines is 2. The molecule has 7 heteroatoms. The summed E-state index contributed by atoms with van der Waals surface area (Å²) < 4.78 is 19.2. The number of para-hydroxylation sites is 3.